The molecular formula is C20H27N3O2S. The Labute approximate surface area is 158 Å². The van der Waals surface area contributed by atoms with E-state index in [4.69, 9.17) is 4.98 Å². The quantitative estimate of drug-likeness (QED) is 0.433. The fraction of sp³-hybridized carbons (Fsp3) is 0.550. The first-order valence-electron chi connectivity index (χ1n) is 9.61. The number of hydrogen-bond donors (Lipinski definition) is 1. The predicted octanol–water partition coefficient (Wildman–Crippen LogP) is 3.91. The van der Waals surface area contributed by atoms with Crippen molar-refractivity contribution in [2.75, 3.05) is 12.3 Å². The monoisotopic (exact) mass is 373 g/mol. The summed E-state index contributed by atoms with van der Waals surface area (Å²) in [5.41, 5.74) is 0.728. The van der Waals surface area contributed by atoms with Crippen LogP contribution >= 0.6 is 11.8 Å². The van der Waals surface area contributed by atoms with Crippen molar-refractivity contribution in [3.05, 3.63) is 34.6 Å². The summed E-state index contributed by atoms with van der Waals surface area (Å²) in [5, 5.41) is 4.28. The molecule has 1 fully saturated rings. The van der Waals surface area contributed by atoms with Crippen molar-refractivity contribution in [3.8, 4) is 0 Å². The summed E-state index contributed by atoms with van der Waals surface area (Å²) in [4.78, 5) is 29.9. The van der Waals surface area contributed by atoms with Crippen molar-refractivity contribution in [2.24, 2.45) is 0 Å². The maximum atomic E-state index is 13.0. The molecule has 0 bridgehead atoms. The Morgan fingerprint density at radius 1 is 1.27 bits per heavy atom. The molecule has 1 aromatic carbocycles. The zero-order chi connectivity index (χ0) is 18.4. The first-order chi connectivity index (χ1) is 12.7. The number of nitrogens with zero attached hydrogens (tertiary/aromatic N) is 2. The Balaban J connectivity index is 1.79. The van der Waals surface area contributed by atoms with E-state index in [0.717, 1.165) is 44.9 Å². The van der Waals surface area contributed by atoms with Gasteiger partial charge in [0.2, 0.25) is 5.91 Å². The zero-order valence-corrected chi connectivity index (χ0v) is 16.2. The summed E-state index contributed by atoms with van der Waals surface area (Å²) in [5.74, 6) is 0.301. The lowest BCUT2D eigenvalue weighted by molar-refractivity contribution is -0.118. The van der Waals surface area contributed by atoms with Crippen molar-refractivity contribution in [1.82, 2.24) is 14.9 Å². The van der Waals surface area contributed by atoms with Crippen LogP contribution in [0.1, 0.15) is 57.9 Å². The molecule has 3 rings (SSSR count). The zero-order valence-electron chi connectivity index (χ0n) is 15.4. The average Bonchev–Trinajstić information content (AvgIpc) is 3.18. The molecule has 1 heterocycles. The van der Waals surface area contributed by atoms with Crippen molar-refractivity contribution in [1.29, 1.82) is 0 Å². The Hall–Kier alpha value is -1.82. The van der Waals surface area contributed by atoms with Crippen LogP contribution in [0.3, 0.4) is 0 Å². The number of thioether (sulfide) groups is 1. The lowest BCUT2D eigenvalue weighted by Gasteiger charge is -2.18. The third-order valence-electron chi connectivity index (χ3n) is 4.90. The molecule has 0 radical (unpaired) electrons. The van der Waals surface area contributed by atoms with E-state index in [2.05, 4.69) is 12.2 Å². The standard InChI is InChI=1S/C20H27N3O2S/c1-2-3-8-13-21-18(24)14-26-20-22-17-12-7-6-11-16(17)19(25)23(20)15-9-4-5-10-15/h6-7,11-12,15H,2-5,8-10,13-14H2,1H3,(H,21,24). The minimum atomic E-state index is 0.00600. The van der Waals surface area contributed by atoms with Crippen LogP contribution in [-0.2, 0) is 4.79 Å². The van der Waals surface area contributed by atoms with Gasteiger partial charge in [0.15, 0.2) is 5.16 Å². The number of carbonyl (C=O) groups is 1. The van der Waals surface area contributed by atoms with E-state index < -0.39 is 0 Å². The lowest BCUT2D eigenvalue weighted by atomic mass is 10.2. The van der Waals surface area contributed by atoms with Gasteiger partial charge in [0.1, 0.15) is 0 Å². The second-order valence-corrected chi connectivity index (χ2v) is 7.81. The van der Waals surface area contributed by atoms with Gasteiger partial charge in [0.05, 0.1) is 16.7 Å². The molecule has 0 unspecified atom stereocenters. The Morgan fingerprint density at radius 2 is 2.04 bits per heavy atom. The Bertz CT molecular complexity index is 812. The van der Waals surface area contributed by atoms with Crippen LogP contribution in [0.25, 0.3) is 10.9 Å². The molecule has 6 heteroatoms. The van der Waals surface area contributed by atoms with Crippen LogP contribution in [0, 0.1) is 0 Å². The predicted molar refractivity (Wildman–Crippen MR) is 107 cm³/mol. The van der Waals surface area contributed by atoms with E-state index in [9.17, 15) is 9.59 Å². The molecule has 1 saturated carbocycles. The highest BCUT2D eigenvalue weighted by Crippen LogP contribution is 2.32. The van der Waals surface area contributed by atoms with E-state index in [-0.39, 0.29) is 17.5 Å². The highest BCUT2D eigenvalue weighted by molar-refractivity contribution is 7.99. The molecule has 0 spiro atoms. The van der Waals surface area contributed by atoms with E-state index in [0.29, 0.717) is 28.4 Å². The second kappa shape index (κ2) is 9.21. The number of aromatic nitrogens is 2. The van der Waals surface area contributed by atoms with Crippen LogP contribution in [0.15, 0.2) is 34.2 Å². The van der Waals surface area contributed by atoms with Crippen molar-refractivity contribution < 1.29 is 4.79 Å². The minimum Gasteiger partial charge on any atom is -0.355 e. The van der Waals surface area contributed by atoms with Gasteiger partial charge in [-0.15, -0.1) is 0 Å². The molecule has 1 aromatic heterocycles. The lowest BCUT2D eigenvalue weighted by Crippen LogP contribution is -2.29. The highest BCUT2D eigenvalue weighted by Gasteiger charge is 2.23. The van der Waals surface area contributed by atoms with Crippen molar-refractivity contribution in [2.45, 2.75) is 63.1 Å². The van der Waals surface area contributed by atoms with Crippen molar-refractivity contribution >= 4 is 28.6 Å². The molecule has 1 N–H and O–H groups in total. The van der Waals surface area contributed by atoms with Gasteiger partial charge >= 0.3 is 0 Å². The maximum Gasteiger partial charge on any atom is 0.262 e. The number of hydrogen-bond acceptors (Lipinski definition) is 4. The van der Waals surface area contributed by atoms with Gasteiger partial charge in [0.25, 0.3) is 5.56 Å². The molecule has 0 atom stereocenters. The first-order valence-corrected chi connectivity index (χ1v) is 10.6. The molecule has 0 aliphatic heterocycles. The van der Waals surface area contributed by atoms with E-state index in [1.165, 1.54) is 11.8 Å². The second-order valence-electron chi connectivity index (χ2n) is 6.87. The van der Waals surface area contributed by atoms with E-state index in [1.54, 1.807) is 0 Å². The van der Waals surface area contributed by atoms with E-state index >= 15 is 0 Å². The summed E-state index contributed by atoms with van der Waals surface area (Å²) < 4.78 is 1.84. The van der Waals surface area contributed by atoms with Gasteiger partial charge in [-0.25, -0.2) is 4.98 Å². The third kappa shape index (κ3) is 4.47. The van der Waals surface area contributed by atoms with Crippen molar-refractivity contribution in [3.63, 3.8) is 0 Å². The number of fused-ring (bicyclic) bond motifs is 1. The van der Waals surface area contributed by atoms with Gasteiger partial charge in [0, 0.05) is 12.6 Å². The van der Waals surface area contributed by atoms with Crippen LogP contribution < -0.4 is 10.9 Å². The molecule has 5 nitrogen and oxygen atoms in total. The maximum absolute atomic E-state index is 13.0. The smallest absolute Gasteiger partial charge is 0.262 e. The minimum absolute atomic E-state index is 0.00600. The Morgan fingerprint density at radius 3 is 2.81 bits per heavy atom. The van der Waals surface area contributed by atoms with Gasteiger partial charge in [-0.2, -0.15) is 0 Å². The van der Waals surface area contributed by atoms with Gasteiger partial charge in [-0.3, -0.25) is 14.2 Å². The molecule has 1 amide bonds. The molecule has 0 saturated heterocycles. The Kier molecular flexibility index (Phi) is 6.72. The van der Waals surface area contributed by atoms with Gasteiger partial charge in [-0.1, -0.05) is 56.5 Å². The summed E-state index contributed by atoms with van der Waals surface area (Å²) in [6.07, 6.45) is 7.58. The summed E-state index contributed by atoms with van der Waals surface area (Å²) in [7, 11) is 0. The topological polar surface area (TPSA) is 64.0 Å². The fourth-order valence-electron chi connectivity index (χ4n) is 3.50. The molecule has 2 aromatic rings. The highest BCUT2D eigenvalue weighted by atomic mass is 32.2. The molecular weight excluding hydrogens is 346 g/mol. The number of para-hydroxylation sites is 1. The largest absolute Gasteiger partial charge is 0.355 e. The average molecular weight is 374 g/mol. The number of rotatable bonds is 8. The molecule has 1 aliphatic rings. The summed E-state index contributed by atoms with van der Waals surface area (Å²) >= 11 is 1.37. The summed E-state index contributed by atoms with van der Waals surface area (Å²) in [6, 6.07) is 7.68. The van der Waals surface area contributed by atoms with Crippen LogP contribution in [0.5, 0.6) is 0 Å². The third-order valence-corrected chi connectivity index (χ3v) is 5.85. The van der Waals surface area contributed by atoms with Gasteiger partial charge < -0.3 is 5.32 Å². The normalized spacial score (nSPS) is 14.8. The number of benzene rings is 1. The van der Waals surface area contributed by atoms with Crippen LogP contribution in [0.2, 0.25) is 0 Å². The molecule has 140 valence electrons. The van der Waals surface area contributed by atoms with Crippen LogP contribution in [-0.4, -0.2) is 27.8 Å². The summed E-state index contributed by atoms with van der Waals surface area (Å²) in [6.45, 7) is 2.86. The fourth-order valence-corrected chi connectivity index (χ4v) is 4.39. The van der Waals surface area contributed by atoms with E-state index in [1.807, 2.05) is 28.8 Å². The molecule has 1 aliphatic carbocycles. The first kappa shape index (κ1) is 19.0. The number of nitrogens with one attached hydrogen (secondary N) is 1. The number of amides is 1. The molecule has 26 heavy (non-hydrogen) atoms. The number of carbonyl (C=O) groups excluding carboxylic acids is 1. The number of unbranched alkanes of at least 4 members (excludes halogenated alkanes) is 2. The SMILES string of the molecule is CCCCCNC(=O)CSc1nc2ccccc2c(=O)n1C1CCCC1. The van der Waals surface area contributed by atoms with Gasteiger partial charge in [-0.05, 0) is 31.4 Å². The van der Waals surface area contributed by atoms with Crippen LogP contribution in [0.4, 0.5) is 0 Å².